The van der Waals surface area contributed by atoms with Crippen molar-refractivity contribution in [2.75, 3.05) is 26.2 Å². The zero-order valence-corrected chi connectivity index (χ0v) is 15.6. The summed E-state index contributed by atoms with van der Waals surface area (Å²) in [5.74, 6) is 0.338. The molecular weight excluding hydrogens is 342 g/mol. The minimum absolute atomic E-state index is 0.0806. The van der Waals surface area contributed by atoms with Crippen LogP contribution in [0, 0.1) is 5.92 Å². The largest absolute Gasteiger partial charge is 0.340 e. The molecule has 0 radical (unpaired) electrons. The Morgan fingerprint density at radius 2 is 1.88 bits per heavy atom. The van der Waals surface area contributed by atoms with Crippen LogP contribution >= 0.6 is 22.9 Å². The van der Waals surface area contributed by atoms with Gasteiger partial charge < -0.3 is 4.90 Å². The molecule has 0 saturated carbocycles. The third-order valence-electron chi connectivity index (χ3n) is 4.21. The van der Waals surface area contributed by atoms with Crippen molar-refractivity contribution >= 4 is 28.8 Å². The molecule has 1 aromatic carbocycles. The Morgan fingerprint density at radius 1 is 1.21 bits per heavy atom. The van der Waals surface area contributed by atoms with Crippen LogP contribution in [-0.2, 0) is 11.3 Å². The fraction of sp³-hybridized carbons (Fsp3) is 0.444. The Bertz CT molecular complexity index is 691. The molecule has 1 saturated heterocycles. The standard InChI is InChI=1S/C18H22ClN3OS/c1-13(2)18(23)22-9-7-21(8-10-22)11-16-12-24-17(20-16)14-3-5-15(19)6-4-14/h3-6,12-13H,7-11H2,1-2H3. The highest BCUT2D eigenvalue weighted by molar-refractivity contribution is 7.13. The van der Waals surface area contributed by atoms with E-state index < -0.39 is 0 Å². The first-order chi connectivity index (χ1) is 11.5. The summed E-state index contributed by atoms with van der Waals surface area (Å²) in [6, 6.07) is 7.79. The predicted molar refractivity (Wildman–Crippen MR) is 99.3 cm³/mol. The van der Waals surface area contributed by atoms with E-state index in [4.69, 9.17) is 16.6 Å². The summed E-state index contributed by atoms with van der Waals surface area (Å²) < 4.78 is 0. The van der Waals surface area contributed by atoms with Gasteiger partial charge in [-0.1, -0.05) is 37.6 Å². The summed E-state index contributed by atoms with van der Waals surface area (Å²) in [6.45, 7) is 8.20. The fourth-order valence-electron chi connectivity index (χ4n) is 2.83. The molecule has 4 nitrogen and oxygen atoms in total. The van der Waals surface area contributed by atoms with Crippen LogP contribution in [0.3, 0.4) is 0 Å². The van der Waals surface area contributed by atoms with E-state index in [1.807, 2.05) is 43.0 Å². The van der Waals surface area contributed by atoms with E-state index in [2.05, 4.69) is 10.3 Å². The predicted octanol–water partition coefficient (Wildman–Crippen LogP) is 3.76. The molecule has 0 aliphatic carbocycles. The number of benzene rings is 1. The van der Waals surface area contributed by atoms with Gasteiger partial charge in [0.05, 0.1) is 5.69 Å². The van der Waals surface area contributed by atoms with Crippen LogP contribution in [0.25, 0.3) is 10.6 Å². The maximum absolute atomic E-state index is 12.0. The summed E-state index contributed by atoms with van der Waals surface area (Å²) in [5.41, 5.74) is 2.19. The number of amides is 1. The lowest BCUT2D eigenvalue weighted by molar-refractivity contribution is -0.136. The molecule has 128 valence electrons. The Morgan fingerprint density at radius 3 is 2.50 bits per heavy atom. The zero-order valence-electron chi connectivity index (χ0n) is 14.0. The number of halogens is 1. The average Bonchev–Trinajstić information content (AvgIpc) is 3.04. The average molecular weight is 364 g/mol. The molecule has 0 spiro atoms. The molecule has 2 aromatic rings. The van der Waals surface area contributed by atoms with E-state index in [1.54, 1.807) is 11.3 Å². The summed E-state index contributed by atoms with van der Waals surface area (Å²) in [4.78, 5) is 21.1. The van der Waals surface area contributed by atoms with Gasteiger partial charge in [-0.05, 0) is 12.1 Å². The number of thiazole rings is 1. The van der Waals surface area contributed by atoms with Crippen molar-refractivity contribution in [3.63, 3.8) is 0 Å². The molecule has 1 fully saturated rings. The van der Waals surface area contributed by atoms with Gasteiger partial charge in [-0.2, -0.15) is 0 Å². The first kappa shape index (κ1) is 17.4. The molecule has 0 N–H and O–H groups in total. The molecule has 24 heavy (non-hydrogen) atoms. The highest BCUT2D eigenvalue weighted by atomic mass is 35.5. The van der Waals surface area contributed by atoms with Crippen molar-refractivity contribution in [2.45, 2.75) is 20.4 Å². The Kier molecular flexibility index (Phi) is 5.54. The van der Waals surface area contributed by atoms with E-state index in [-0.39, 0.29) is 11.8 Å². The maximum Gasteiger partial charge on any atom is 0.225 e. The first-order valence-corrected chi connectivity index (χ1v) is 9.50. The third kappa shape index (κ3) is 4.15. The summed E-state index contributed by atoms with van der Waals surface area (Å²) >= 11 is 7.60. The Hall–Kier alpha value is -1.43. The summed E-state index contributed by atoms with van der Waals surface area (Å²) in [6.07, 6.45) is 0. The van der Waals surface area contributed by atoms with Gasteiger partial charge in [-0.25, -0.2) is 4.98 Å². The number of carbonyl (C=O) groups excluding carboxylic acids is 1. The zero-order chi connectivity index (χ0) is 17.1. The van der Waals surface area contributed by atoms with Crippen molar-refractivity contribution < 1.29 is 4.79 Å². The van der Waals surface area contributed by atoms with Crippen LogP contribution in [0.1, 0.15) is 19.5 Å². The smallest absolute Gasteiger partial charge is 0.225 e. The number of hydrogen-bond acceptors (Lipinski definition) is 4. The highest BCUT2D eigenvalue weighted by Gasteiger charge is 2.23. The summed E-state index contributed by atoms with van der Waals surface area (Å²) in [7, 11) is 0. The second kappa shape index (κ2) is 7.64. The second-order valence-corrected chi connectivity index (χ2v) is 7.70. The van der Waals surface area contributed by atoms with Crippen molar-refractivity contribution in [1.29, 1.82) is 0 Å². The lowest BCUT2D eigenvalue weighted by Crippen LogP contribution is -2.49. The Balaban J connectivity index is 1.56. The second-order valence-electron chi connectivity index (χ2n) is 6.41. The first-order valence-electron chi connectivity index (χ1n) is 8.24. The molecule has 3 rings (SSSR count). The van der Waals surface area contributed by atoms with Crippen LogP contribution in [0.4, 0.5) is 0 Å². The van der Waals surface area contributed by atoms with E-state index in [0.717, 1.165) is 54.0 Å². The van der Waals surface area contributed by atoms with E-state index in [9.17, 15) is 4.79 Å². The van der Waals surface area contributed by atoms with Gasteiger partial charge in [0.1, 0.15) is 5.01 Å². The molecule has 0 unspecified atom stereocenters. The topological polar surface area (TPSA) is 36.4 Å². The molecule has 2 heterocycles. The number of carbonyl (C=O) groups is 1. The Labute approximate surface area is 152 Å². The van der Waals surface area contributed by atoms with Crippen LogP contribution in [0.2, 0.25) is 5.02 Å². The normalized spacial score (nSPS) is 15.9. The van der Waals surface area contributed by atoms with Crippen LogP contribution in [0.5, 0.6) is 0 Å². The lowest BCUT2D eigenvalue weighted by atomic mass is 10.1. The molecule has 1 aliphatic heterocycles. The molecule has 0 atom stereocenters. The van der Waals surface area contributed by atoms with Gasteiger partial charge in [0, 0.05) is 54.6 Å². The number of piperazine rings is 1. The quantitative estimate of drug-likeness (QED) is 0.829. The number of nitrogens with zero attached hydrogens (tertiary/aromatic N) is 3. The number of rotatable bonds is 4. The van der Waals surface area contributed by atoms with Gasteiger partial charge in [0.25, 0.3) is 0 Å². The molecule has 1 aliphatic rings. The molecule has 1 amide bonds. The molecule has 6 heteroatoms. The minimum atomic E-state index is 0.0806. The van der Waals surface area contributed by atoms with Gasteiger partial charge >= 0.3 is 0 Å². The van der Waals surface area contributed by atoms with Gasteiger partial charge in [-0.15, -0.1) is 11.3 Å². The molecule has 0 bridgehead atoms. The van der Waals surface area contributed by atoms with Gasteiger partial charge in [0.15, 0.2) is 0 Å². The van der Waals surface area contributed by atoms with Crippen molar-refractivity contribution in [3.8, 4) is 10.6 Å². The third-order valence-corrected chi connectivity index (χ3v) is 5.40. The van der Waals surface area contributed by atoms with E-state index >= 15 is 0 Å². The van der Waals surface area contributed by atoms with Crippen molar-refractivity contribution in [1.82, 2.24) is 14.8 Å². The lowest BCUT2D eigenvalue weighted by Gasteiger charge is -2.35. The van der Waals surface area contributed by atoms with Crippen molar-refractivity contribution in [3.05, 3.63) is 40.4 Å². The monoisotopic (exact) mass is 363 g/mol. The van der Waals surface area contributed by atoms with Gasteiger partial charge in [-0.3, -0.25) is 9.69 Å². The SMILES string of the molecule is CC(C)C(=O)N1CCN(Cc2csc(-c3ccc(Cl)cc3)n2)CC1. The fourth-order valence-corrected chi connectivity index (χ4v) is 3.77. The van der Waals surface area contributed by atoms with Crippen molar-refractivity contribution in [2.24, 2.45) is 5.92 Å². The highest BCUT2D eigenvalue weighted by Crippen LogP contribution is 2.25. The summed E-state index contributed by atoms with van der Waals surface area (Å²) in [5, 5.41) is 3.88. The van der Waals surface area contributed by atoms with Crippen LogP contribution < -0.4 is 0 Å². The molecular formula is C18H22ClN3OS. The van der Waals surface area contributed by atoms with E-state index in [0.29, 0.717) is 0 Å². The van der Waals surface area contributed by atoms with Crippen LogP contribution in [-0.4, -0.2) is 46.9 Å². The maximum atomic E-state index is 12.0. The minimum Gasteiger partial charge on any atom is -0.340 e. The number of hydrogen-bond donors (Lipinski definition) is 0. The van der Waals surface area contributed by atoms with Crippen LogP contribution in [0.15, 0.2) is 29.6 Å². The van der Waals surface area contributed by atoms with E-state index in [1.165, 1.54) is 0 Å². The van der Waals surface area contributed by atoms with Gasteiger partial charge in [0.2, 0.25) is 5.91 Å². The molecule has 1 aromatic heterocycles. The number of aromatic nitrogens is 1.